The summed E-state index contributed by atoms with van der Waals surface area (Å²) in [5, 5.41) is 10.4. The highest BCUT2D eigenvalue weighted by molar-refractivity contribution is 7.27. The number of fused-ring (bicyclic) bond motifs is 14. The maximum absolute atomic E-state index is 2.51. The number of benzene rings is 10. The number of rotatable bonds is 5. The third-order valence-electron chi connectivity index (χ3n) is 13.3. The molecule has 14 rings (SSSR count). The normalized spacial score (nSPS) is 12.1. The first-order valence-electron chi connectivity index (χ1n) is 21.8. The second kappa shape index (κ2) is 13.9. The van der Waals surface area contributed by atoms with Gasteiger partial charge in [-0.2, -0.15) is 0 Å². The largest absolute Gasteiger partial charge is 0.309 e. The van der Waals surface area contributed by atoms with E-state index in [0.29, 0.717) is 0 Å². The zero-order valence-corrected chi connectivity index (χ0v) is 36.1. The Morgan fingerprint density at radius 2 is 0.625 bits per heavy atom. The van der Waals surface area contributed by atoms with E-state index in [1.807, 2.05) is 22.7 Å². The summed E-state index contributed by atoms with van der Waals surface area (Å²) in [5.41, 5.74) is 14.2. The van der Waals surface area contributed by atoms with Crippen molar-refractivity contribution in [2.45, 2.75) is 0 Å². The Morgan fingerprint density at radius 1 is 0.250 bits per heavy atom. The second-order valence-electron chi connectivity index (χ2n) is 16.8. The summed E-state index contributed by atoms with van der Waals surface area (Å²) >= 11 is 3.81. The number of thiophene rings is 2. The summed E-state index contributed by atoms with van der Waals surface area (Å²) in [6, 6.07) is 81.0. The van der Waals surface area contributed by atoms with Crippen LogP contribution in [0.1, 0.15) is 0 Å². The van der Waals surface area contributed by atoms with Gasteiger partial charge in [0.2, 0.25) is 0 Å². The lowest BCUT2D eigenvalue weighted by molar-refractivity contribution is 1.14. The highest BCUT2D eigenvalue weighted by Gasteiger charge is 2.22. The molecule has 2 nitrogen and oxygen atoms in total. The molecule has 0 aliphatic rings. The summed E-state index contributed by atoms with van der Waals surface area (Å²) in [5.74, 6) is 0. The standard InChI is InChI=1S/C60H36N2S2/c1-3-15-37(16-4-1)39-31-40(38-17-5-2-6-18-38)33-41(32-39)42-34-43(61-51-23-11-7-21-49(51)57-53(61)29-27-47-45-19-9-13-25-55(45)63-59(47)57)36-44(35-42)62-52-24-12-8-22-50(52)58-54(62)30-28-48-46-20-10-14-26-56(46)64-60(48)58/h1-36H. The zero-order valence-electron chi connectivity index (χ0n) is 34.5. The molecule has 0 N–H and O–H groups in total. The van der Waals surface area contributed by atoms with Crippen LogP contribution < -0.4 is 0 Å². The van der Waals surface area contributed by atoms with Crippen molar-refractivity contribution >= 4 is 107 Å². The molecule has 64 heavy (non-hydrogen) atoms. The van der Waals surface area contributed by atoms with Crippen molar-refractivity contribution in [3.05, 3.63) is 218 Å². The molecule has 14 aromatic rings. The van der Waals surface area contributed by atoms with Gasteiger partial charge in [-0.25, -0.2) is 0 Å². The molecule has 0 bridgehead atoms. The number of hydrogen-bond acceptors (Lipinski definition) is 2. The molecule has 0 aliphatic heterocycles. The lowest BCUT2D eigenvalue weighted by atomic mass is 9.93. The van der Waals surface area contributed by atoms with Gasteiger partial charge in [-0.1, -0.05) is 146 Å². The Labute approximate surface area is 376 Å². The monoisotopic (exact) mass is 848 g/mol. The summed E-state index contributed by atoms with van der Waals surface area (Å²) in [7, 11) is 0. The average Bonchev–Trinajstić information content (AvgIpc) is 4.12. The Morgan fingerprint density at radius 3 is 1.09 bits per heavy atom. The van der Waals surface area contributed by atoms with Crippen LogP contribution in [0.2, 0.25) is 0 Å². The van der Waals surface area contributed by atoms with Crippen molar-refractivity contribution < 1.29 is 0 Å². The van der Waals surface area contributed by atoms with Crippen LogP contribution in [0.3, 0.4) is 0 Å². The SMILES string of the molecule is c1ccc(-c2cc(-c3ccccc3)cc(-c3cc(-n4c5ccccc5c5c6sc7ccccc7c6ccc54)cc(-n4c5ccccc5c5c6sc7ccccc7c6ccc54)c3)c2)cc1. The van der Waals surface area contributed by atoms with Crippen LogP contribution in [0.5, 0.6) is 0 Å². The molecule has 0 aliphatic carbocycles. The molecule has 0 saturated heterocycles. The first kappa shape index (κ1) is 35.8. The molecule has 0 unspecified atom stereocenters. The number of nitrogens with zero attached hydrogens (tertiary/aromatic N) is 2. The van der Waals surface area contributed by atoms with Gasteiger partial charge in [-0.3, -0.25) is 0 Å². The highest BCUT2D eigenvalue weighted by Crippen LogP contribution is 2.46. The fourth-order valence-corrected chi connectivity index (χ4v) is 13.0. The highest BCUT2D eigenvalue weighted by atomic mass is 32.1. The quantitative estimate of drug-likeness (QED) is 0.163. The lowest BCUT2D eigenvalue weighted by Gasteiger charge is -2.17. The van der Waals surface area contributed by atoms with Crippen LogP contribution in [-0.2, 0) is 0 Å². The molecule has 0 radical (unpaired) electrons. The van der Waals surface area contributed by atoms with Crippen molar-refractivity contribution in [1.29, 1.82) is 0 Å². The van der Waals surface area contributed by atoms with Crippen LogP contribution in [0, 0.1) is 0 Å². The molecular weight excluding hydrogens is 813 g/mol. The average molecular weight is 849 g/mol. The van der Waals surface area contributed by atoms with E-state index in [9.17, 15) is 0 Å². The van der Waals surface area contributed by atoms with Crippen molar-refractivity contribution in [2.75, 3.05) is 0 Å². The Hall–Kier alpha value is -7.76. The summed E-state index contributed by atoms with van der Waals surface area (Å²) in [6.07, 6.45) is 0. The van der Waals surface area contributed by atoms with Gasteiger partial charge in [0.05, 0.1) is 22.1 Å². The van der Waals surface area contributed by atoms with Crippen LogP contribution in [0.15, 0.2) is 218 Å². The topological polar surface area (TPSA) is 9.86 Å². The van der Waals surface area contributed by atoms with Gasteiger partial charge in [0, 0.05) is 73.3 Å². The second-order valence-corrected chi connectivity index (χ2v) is 18.9. The Balaban J connectivity index is 1.11. The fourth-order valence-electron chi connectivity index (χ4n) is 10.4. The van der Waals surface area contributed by atoms with Crippen molar-refractivity contribution in [2.24, 2.45) is 0 Å². The maximum Gasteiger partial charge on any atom is 0.0555 e. The van der Waals surface area contributed by atoms with E-state index in [-0.39, 0.29) is 0 Å². The van der Waals surface area contributed by atoms with E-state index in [0.717, 1.165) is 16.9 Å². The van der Waals surface area contributed by atoms with E-state index in [2.05, 4.69) is 228 Å². The molecule has 10 aromatic carbocycles. The van der Waals surface area contributed by atoms with Gasteiger partial charge in [0.15, 0.2) is 0 Å². The molecule has 0 spiro atoms. The molecular formula is C60H36N2S2. The molecule has 4 heterocycles. The van der Waals surface area contributed by atoms with Crippen molar-refractivity contribution in [3.63, 3.8) is 0 Å². The number of hydrogen-bond donors (Lipinski definition) is 0. The van der Waals surface area contributed by atoms with Crippen LogP contribution in [0.25, 0.3) is 129 Å². The predicted molar refractivity (Wildman–Crippen MR) is 277 cm³/mol. The Kier molecular flexibility index (Phi) is 7.76. The van der Waals surface area contributed by atoms with Crippen LogP contribution in [-0.4, -0.2) is 9.13 Å². The maximum atomic E-state index is 2.51. The summed E-state index contributed by atoms with van der Waals surface area (Å²) < 4.78 is 10.3. The van der Waals surface area contributed by atoms with Gasteiger partial charge in [0.1, 0.15) is 0 Å². The van der Waals surface area contributed by atoms with E-state index < -0.39 is 0 Å². The fraction of sp³-hybridized carbons (Fsp3) is 0. The third-order valence-corrected chi connectivity index (χ3v) is 15.7. The molecule has 0 fully saturated rings. The van der Waals surface area contributed by atoms with Gasteiger partial charge in [-0.15, -0.1) is 22.7 Å². The van der Waals surface area contributed by atoms with E-state index in [4.69, 9.17) is 0 Å². The van der Waals surface area contributed by atoms with Gasteiger partial charge >= 0.3 is 0 Å². The van der Waals surface area contributed by atoms with Gasteiger partial charge < -0.3 is 9.13 Å². The molecule has 0 saturated carbocycles. The first-order chi connectivity index (χ1) is 31.7. The molecule has 4 aromatic heterocycles. The summed E-state index contributed by atoms with van der Waals surface area (Å²) in [4.78, 5) is 0. The smallest absolute Gasteiger partial charge is 0.0555 e. The van der Waals surface area contributed by atoms with Gasteiger partial charge in [0.25, 0.3) is 0 Å². The lowest BCUT2D eigenvalue weighted by Crippen LogP contribution is -2.00. The van der Waals surface area contributed by atoms with E-state index in [1.54, 1.807) is 0 Å². The minimum absolute atomic E-state index is 1.12. The zero-order chi connectivity index (χ0) is 41.9. The van der Waals surface area contributed by atoms with Crippen molar-refractivity contribution in [1.82, 2.24) is 9.13 Å². The molecule has 0 amide bonds. The van der Waals surface area contributed by atoms with Crippen LogP contribution >= 0.6 is 22.7 Å². The minimum Gasteiger partial charge on any atom is -0.309 e. The molecule has 0 atom stereocenters. The van der Waals surface area contributed by atoms with E-state index in [1.165, 1.54) is 112 Å². The van der Waals surface area contributed by atoms with Gasteiger partial charge in [-0.05, 0) is 106 Å². The molecule has 298 valence electrons. The third kappa shape index (κ3) is 5.30. The van der Waals surface area contributed by atoms with Crippen LogP contribution in [0.4, 0.5) is 0 Å². The van der Waals surface area contributed by atoms with Crippen molar-refractivity contribution in [3.8, 4) is 44.8 Å². The number of para-hydroxylation sites is 2. The molecule has 4 heteroatoms. The Bertz CT molecular complexity index is 3920. The number of aromatic nitrogens is 2. The first-order valence-corrected chi connectivity index (χ1v) is 23.5. The predicted octanol–water partition coefficient (Wildman–Crippen LogP) is 17.6. The summed E-state index contributed by atoms with van der Waals surface area (Å²) in [6.45, 7) is 0. The minimum atomic E-state index is 1.12. The van der Waals surface area contributed by atoms with E-state index >= 15 is 0 Å².